The second kappa shape index (κ2) is 12.0. The third-order valence-corrected chi connectivity index (χ3v) is 2.57. The van der Waals surface area contributed by atoms with Gasteiger partial charge in [-0.2, -0.15) is 0 Å². The van der Waals surface area contributed by atoms with Crippen LogP contribution in [-0.4, -0.2) is 31.2 Å². The largest absolute Gasteiger partial charge is 0.392 e. The highest BCUT2D eigenvalue weighted by Crippen LogP contribution is 2.08. The third kappa shape index (κ3) is 12.0. The number of methoxy groups -OCH3 is 1. The maximum Gasteiger partial charge on any atom is 0.0620 e. The lowest BCUT2D eigenvalue weighted by Gasteiger charge is -1.98. The summed E-state index contributed by atoms with van der Waals surface area (Å²) in [6, 6.07) is 0. The van der Waals surface area contributed by atoms with Gasteiger partial charge in [0, 0.05) is 13.7 Å². The van der Waals surface area contributed by atoms with Crippen LogP contribution >= 0.6 is 11.8 Å². The lowest BCUT2D eigenvalue weighted by atomic mass is 10.2. The first-order valence-corrected chi connectivity index (χ1v) is 5.83. The van der Waals surface area contributed by atoms with Gasteiger partial charge in [-0.3, -0.25) is 0 Å². The van der Waals surface area contributed by atoms with E-state index in [-0.39, 0.29) is 6.61 Å². The number of ether oxygens (including phenoxy) is 1. The molecule has 0 aliphatic heterocycles. The lowest BCUT2D eigenvalue weighted by Crippen LogP contribution is -1.88. The summed E-state index contributed by atoms with van der Waals surface area (Å²) in [6.07, 6.45) is 6.74. The summed E-state index contributed by atoms with van der Waals surface area (Å²) in [5, 5.41) is 10.4. The molecule has 0 aliphatic carbocycles. The molecule has 13 heavy (non-hydrogen) atoms. The monoisotopic (exact) mass is 204 g/mol. The van der Waals surface area contributed by atoms with Gasteiger partial charge >= 0.3 is 0 Å². The molecule has 1 N–H and O–H groups in total. The van der Waals surface area contributed by atoms with Gasteiger partial charge < -0.3 is 9.84 Å². The second-order valence-electron chi connectivity index (χ2n) is 2.83. The van der Waals surface area contributed by atoms with Gasteiger partial charge in [-0.25, -0.2) is 0 Å². The van der Waals surface area contributed by atoms with Crippen molar-refractivity contribution in [2.24, 2.45) is 0 Å². The Bertz CT molecular complexity index is 115. The van der Waals surface area contributed by atoms with E-state index < -0.39 is 0 Å². The molecule has 0 amide bonds. The van der Waals surface area contributed by atoms with Crippen molar-refractivity contribution in [3.63, 3.8) is 0 Å². The number of hydrogen-bond acceptors (Lipinski definition) is 3. The second-order valence-corrected chi connectivity index (χ2v) is 3.85. The summed E-state index contributed by atoms with van der Waals surface area (Å²) in [5.41, 5.74) is 0. The van der Waals surface area contributed by atoms with Gasteiger partial charge in [0.15, 0.2) is 0 Å². The van der Waals surface area contributed by atoms with Crippen molar-refractivity contribution in [1.29, 1.82) is 0 Å². The average Bonchev–Trinajstić information content (AvgIpc) is 2.16. The van der Waals surface area contributed by atoms with Crippen LogP contribution in [0.4, 0.5) is 0 Å². The molecule has 0 aromatic rings. The predicted molar refractivity (Wildman–Crippen MR) is 59.0 cm³/mol. The Hall–Kier alpha value is 0.01000. The van der Waals surface area contributed by atoms with Gasteiger partial charge in [0.1, 0.15) is 0 Å². The Balaban J connectivity index is 2.87. The molecule has 0 fully saturated rings. The van der Waals surface area contributed by atoms with Gasteiger partial charge in [-0.05, 0) is 24.0 Å². The molecule has 78 valence electrons. The highest BCUT2D eigenvalue weighted by molar-refractivity contribution is 8.02. The molecule has 0 saturated carbocycles. The summed E-state index contributed by atoms with van der Waals surface area (Å²) in [4.78, 5) is 0. The van der Waals surface area contributed by atoms with E-state index in [0.29, 0.717) is 0 Å². The minimum absolute atomic E-state index is 0.154. The van der Waals surface area contributed by atoms with Crippen molar-refractivity contribution in [1.82, 2.24) is 0 Å². The molecule has 3 heteroatoms. The molecular weight excluding hydrogens is 184 g/mol. The Morgan fingerprint density at radius 3 is 2.69 bits per heavy atom. The number of aliphatic hydroxyl groups is 1. The van der Waals surface area contributed by atoms with Crippen LogP contribution in [0.15, 0.2) is 11.5 Å². The fraction of sp³-hybridized carbons (Fsp3) is 0.800. The molecule has 0 unspecified atom stereocenters. The molecule has 0 rings (SSSR count). The Kier molecular flexibility index (Phi) is 12.0. The number of unbranched alkanes of at least 4 members (excludes halogenated alkanes) is 3. The summed E-state index contributed by atoms with van der Waals surface area (Å²) in [7, 11) is 1.75. The van der Waals surface area contributed by atoms with Crippen LogP contribution in [0.2, 0.25) is 0 Å². The highest BCUT2D eigenvalue weighted by atomic mass is 32.2. The first-order valence-electron chi connectivity index (χ1n) is 4.78. The zero-order valence-corrected chi connectivity index (χ0v) is 9.18. The van der Waals surface area contributed by atoms with Crippen molar-refractivity contribution < 1.29 is 9.84 Å². The van der Waals surface area contributed by atoms with Crippen LogP contribution in [0.1, 0.15) is 25.7 Å². The number of thioether (sulfide) groups is 1. The van der Waals surface area contributed by atoms with Crippen molar-refractivity contribution in [3.05, 3.63) is 11.5 Å². The van der Waals surface area contributed by atoms with E-state index in [1.165, 1.54) is 25.7 Å². The first-order chi connectivity index (χ1) is 6.41. The molecule has 0 radical (unpaired) electrons. The van der Waals surface area contributed by atoms with Crippen LogP contribution in [0, 0.1) is 0 Å². The molecule has 2 nitrogen and oxygen atoms in total. The van der Waals surface area contributed by atoms with E-state index in [2.05, 4.69) is 0 Å². The van der Waals surface area contributed by atoms with Crippen LogP contribution < -0.4 is 0 Å². The SMILES string of the molecule is COCCCCCCSC=CCO. The molecule has 0 bridgehead atoms. The fourth-order valence-electron chi connectivity index (χ4n) is 0.964. The summed E-state index contributed by atoms with van der Waals surface area (Å²) in [5.74, 6) is 1.16. The van der Waals surface area contributed by atoms with Gasteiger partial charge in [0.2, 0.25) is 0 Å². The van der Waals surface area contributed by atoms with Crippen LogP contribution in [0.25, 0.3) is 0 Å². The smallest absolute Gasteiger partial charge is 0.0620 e. The summed E-state index contributed by atoms with van der Waals surface area (Å²) < 4.78 is 4.96. The molecule has 0 saturated heterocycles. The van der Waals surface area contributed by atoms with Gasteiger partial charge in [-0.15, -0.1) is 11.8 Å². The normalized spacial score (nSPS) is 11.2. The zero-order chi connectivity index (χ0) is 9.78. The van der Waals surface area contributed by atoms with Gasteiger partial charge in [0.25, 0.3) is 0 Å². The quantitative estimate of drug-likeness (QED) is 0.585. The molecule has 0 heterocycles. The van der Waals surface area contributed by atoms with E-state index in [1.54, 1.807) is 24.9 Å². The van der Waals surface area contributed by atoms with E-state index in [4.69, 9.17) is 9.84 Å². The molecule has 0 aromatic heterocycles. The predicted octanol–water partition coefficient (Wildman–Crippen LogP) is 2.43. The van der Waals surface area contributed by atoms with Crippen molar-refractivity contribution in [3.8, 4) is 0 Å². The van der Waals surface area contributed by atoms with Crippen molar-refractivity contribution >= 4 is 11.8 Å². The molecule has 0 aliphatic rings. The molecule has 0 spiro atoms. The third-order valence-electron chi connectivity index (χ3n) is 1.66. The molecular formula is C10H20O2S. The Labute approximate surface area is 85.4 Å². The Morgan fingerprint density at radius 1 is 1.23 bits per heavy atom. The molecule has 0 aromatic carbocycles. The van der Waals surface area contributed by atoms with Crippen molar-refractivity contribution in [2.45, 2.75) is 25.7 Å². The number of hydrogen-bond donors (Lipinski definition) is 1. The van der Waals surface area contributed by atoms with E-state index in [9.17, 15) is 0 Å². The van der Waals surface area contributed by atoms with Crippen LogP contribution in [0.5, 0.6) is 0 Å². The summed E-state index contributed by atoms with van der Waals surface area (Å²) in [6.45, 7) is 1.04. The number of rotatable bonds is 9. The fourth-order valence-corrected chi connectivity index (χ4v) is 1.69. The average molecular weight is 204 g/mol. The van der Waals surface area contributed by atoms with Crippen LogP contribution in [0.3, 0.4) is 0 Å². The first kappa shape index (κ1) is 13.0. The van der Waals surface area contributed by atoms with Crippen LogP contribution in [-0.2, 0) is 4.74 Å². The van der Waals surface area contributed by atoms with E-state index in [0.717, 1.165) is 12.4 Å². The standard InChI is InChI=1S/C10H20O2S/c1-12-8-4-2-3-5-9-13-10-6-7-11/h6,10-11H,2-5,7-9H2,1H3. The van der Waals surface area contributed by atoms with Gasteiger partial charge in [0.05, 0.1) is 6.61 Å². The minimum atomic E-state index is 0.154. The zero-order valence-electron chi connectivity index (χ0n) is 8.37. The Morgan fingerprint density at radius 2 is 2.00 bits per heavy atom. The molecule has 0 atom stereocenters. The lowest BCUT2D eigenvalue weighted by molar-refractivity contribution is 0.192. The maximum absolute atomic E-state index is 8.45. The minimum Gasteiger partial charge on any atom is -0.392 e. The number of aliphatic hydroxyl groups excluding tert-OH is 1. The topological polar surface area (TPSA) is 29.5 Å². The maximum atomic E-state index is 8.45. The van der Waals surface area contributed by atoms with E-state index in [1.807, 2.05) is 5.41 Å². The highest BCUT2D eigenvalue weighted by Gasteiger charge is 1.89. The van der Waals surface area contributed by atoms with Gasteiger partial charge in [-0.1, -0.05) is 18.9 Å². The van der Waals surface area contributed by atoms with Crippen molar-refractivity contribution in [2.75, 3.05) is 26.1 Å². The summed E-state index contributed by atoms with van der Waals surface area (Å²) >= 11 is 1.77. The van der Waals surface area contributed by atoms with E-state index >= 15 is 0 Å².